The molecule has 0 aliphatic rings. The predicted molar refractivity (Wildman–Crippen MR) is 93.5 cm³/mol. The van der Waals surface area contributed by atoms with Gasteiger partial charge in [0.05, 0.1) is 20.8 Å². The normalized spacial score (nSPS) is 10.4. The maximum atomic E-state index is 11.8. The van der Waals surface area contributed by atoms with Gasteiger partial charge in [-0.25, -0.2) is 0 Å². The molecule has 5 heteroatoms. The lowest BCUT2D eigenvalue weighted by Crippen LogP contribution is -2.26. The summed E-state index contributed by atoms with van der Waals surface area (Å²) in [6, 6.07) is 14.8. The molecule has 2 aromatic rings. The Balaban J connectivity index is 1.73. The Morgan fingerprint density at radius 1 is 1.00 bits per heavy atom. The van der Waals surface area contributed by atoms with E-state index in [4.69, 9.17) is 14.2 Å². The van der Waals surface area contributed by atoms with Crippen LogP contribution in [-0.2, 0) is 4.79 Å². The van der Waals surface area contributed by atoms with E-state index in [-0.39, 0.29) is 5.91 Å². The standard InChI is InChI=1S/C19H21NO4/c1-22-16-10-7-15(8-11-16)9-12-19(21)20-13-14-24-18-6-4-3-5-17(18)23-2/h3-12H,13-14H2,1-2H3,(H,20,21). The molecule has 0 fully saturated rings. The van der Waals surface area contributed by atoms with Crippen LogP contribution in [0.15, 0.2) is 54.6 Å². The number of methoxy groups -OCH3 is 2. The third-order valence-electron chi connectivity index (χ3n) is 3.27. The molecule has 0 aromatic heterocycles. The predicted octanol–water partition coefficient (Wildman–Crippen LogP) is 2.91. The fraction of sp³-hybridized carbons (Fsp3) is 0.211. The molecule has 0 spiro atoms. The van der Waals surface area contributed by atoms with Crippen LogP contribution in [0.25, 0.3) is 6.08 Å². The van der Waals surface area contributed by atoms with Gasteiger partial charge in [0, 0.05) is 6.08 Å². The lowest BCUT2D eigenvalue weighted by atomic mass is 10.2. The molecule has 5 nitrogen and oxygen atoms in total. The van der Waals surface area contributed by atoms with E-state index in [0.29, 0.717) is 24.7 Å². The number of carbonyl (C=O) groups is 1. The molecule has 24 heavy (non-hydrogen) atoms. The number of carbonyl (C=O) groups excluding carboxylic acids is 1. The minimum atomic E-state index is -0.172. The van der Waals surface area contributed by atoms with Crippen LogP contribution < -0.4 is 19.5 Å². The molecule has 1 N–H and O–H groups in total. The summed E-state index contributed by atoms with van der Waals surface area (Å²) in [6.45, 7) is 0.770. The zero-order chi connectivity index (χ0) is 17.2. The van der Waals surface area contributed by atoms with Crippen molar-refractivity contribution in [1.82, 2.24) is 5.32 Å². The second-order valence-corrected chi connectivity index (χ2v) is 4.90. The van der Waals surface area contributed by atoms with Crippen molar-refractivity contribution in [3.05, 3.63) is 60.2 Å². The zero-order valence-electron chi connectivity index (χ0n) is 13.8. The van der Waals surface area contributed by atoms with Gasteiger partial charge >= 0.3 is 0 Å². The highest BCUT2D eigenvalue weighted by Crippen LogP contribution is 2.25. The molecule has 0 atom stereocenters. The van der Waals surface area contributed by atoms with Gasteiger partial charge in [0.1, 0.15) is 12.4 Å². The van der Waals surface area contributed by atoms with Gasteiger partial charge in [-0.1, -0.05) is 24.3 Å². The second-order valence-electron chi connectivity index (χ2n) is 4.90. The van der Waals surface area contributed by atoms with Gasteiger partial charge in [0.25, 0.3) is 0 Å². The maximum absolute atomic E-state index is 11.8. The minimum Gasteiger partial charge on any atom is -0.497 e. The van der Waals surface area contributed by atoms with Crippen LogP contribution in [0.2, 0.25) is 0 Å². The number of amides is 1. The fourth-order valence-electron chi connectivity index (χ4n) is 2.02. The second kappa shape index (κ2) is 9.25. The molecule has 0 saturated heterocycles. The molecule has 2 aromatic carbocycles. The summed E-state index contributed by atoms with van der Waals surface area (Å²) >= 11 is 0. The summed E-state index contributed by atoms with van der Waals surface area (Å²) < 4.78 is 15.9. The number of hydrogen-bond acceptors (Lipinski definition) is 4. The van der Waals surface area contributed by atoms with Crippen molar-refractivity contribution in [2.45, 2.75) is 0 Å². The molecule has 0 aliphatic heterocycles. The third kappa shape index (κ3) is 5.35. The largest absolute Gasteiger partial charge is 0.497 e. The van der Waals surface area contributed by atoms with Crippen molar-refractivity contribution in [3.8, 4) is 17.2 Å². The smallest absolute Gasteiger partial charge is 0.244 e. The van der Waals surface area contributed by atoms with Crippen LogP contribution in [0.3, 0.4) is 0 Å². The molecule has 1 amide bonds. The monoisotopic (exact) mass is 327 g/mol. The highest BCUT2D eigenvalue weighted by atomic mass is 16.5. The topological polar surface area (TPSA) is 56.8 Å². The number of ether oxygens (including phenoxy) is 3. The molecule has 2 rings (SSSR count). The number of para-hydroxylation sites is 2. The van der Waals surface area contributed by atoms with Crippen molar-refractivity contribution in [3.63, 3.8) is 0 Å². The van der Waals surface area contributed by atoms with Gasteiger partial charge in [-0.05, 0) is 35.9 Å². The Bertz CT molecular complexity index is 680. The van der Waals surface area contributed by atoms with E-state index in [1.165, 1.54) is 6.08 Å². The average Bonchev–Trinajstić information content (AvgIpc) is 2.64. The molecule has 0 aliphatic carbocycles. The zero-order valence-corrected chi connectivity index (χ0v) is 13.8. The first-order valence-corrected chi connectivity index (χ1v) is 7.58. The minimum absolute atomic E-state index is 0.172. The summed E-state index contributed by atoms with van der Waals surface area (Å²) in [7, 11) is 3.21. The Labute approximate surface area is 141 Å². The highest BCUT2D eigenvalue weighted by Gasteiger charge is 2.02. The molecule has 0 radical (unpaired) electrons. The molecular weight excluding hydrogens is 306 g/mol. The van der Waals surface area contributed by atoms with Crippen molar-refractivity contribution >= 4 is 12.0 Å². The SMILES string of the molecule is COc1ccc(C=CC(=O)NCCOc2ccccc2OC)cc1. The van der Waals surface area contributed by atoms with Crippen molar-refractivity contribution in [2.75, 3.05) is 27.4 Å². The number of hydrogen-bond donors (Lipinski definition) is 1. The van der Waals surface area contributed by atoms with Gasteiger partial charge < -0.3 is 19.5 Å². The van der Waals surface area contributed by atoms with Crippen LogP contribution in [0.5, 0.6) is 17.2 Å². The highest BCUT2D eigenvalue weighted by molar-refractivity contribution is 5.91. The van der Waals surface area contributed by atoms with Gasteiger partial charge in [-0.2, -0.15) is 0 Å². The summed E-state index contributed by atoms with van der Waals surface area (Å²) in [4.78, 5) is 11.8. The quantitative estimate of drug-likeness (QED) is 0.598. The molecule has 126 valence electrons. The van der Waals surface area contributed by atoms with Crippen LogP contribution in [0, 0.1) is 0 Å². The summed E-state index contributed by atoms with van der Waals surface area (Å²) in [5.74, 6) is 1.94. The van der Waals surface area contributed by atoms with Gasteiger partial charge in [0.15, 0.2) is 11.5 Å². The first-order valence-electron chi connectivity index (χ1n) is 7.58. The Morgan fingerprint density at radius 3 is 2.38 bits per heavy atom. The van der Waals surface area contributed by atoms with Crippen LogP contribution in [0.1, 0.15) is 5.56 Å². The molecule has 0 heterocycles. The Kier molecular flexibility index (Phi) is 6.71. The van der Waals surface area contributed by atoms with E-state index < -0.39 is 0 Å². The molecule has 0 saturated carbocycles. The van der Waals surface area contributed by atoms with Crippen LogP contribution in [-0.4, -0.2) is 33.3 Å². The summed E-state index contributed by atoms with van der Waals surface area (Å²) in [6.07, 6.45) is 3.24. The first-order chi connectivity index (χ1) is 11.7. The van der Waals surface area contributed by atoms with Crippen molar-refractivity contribution in [1.29, 1.82) is 0 Å². The fourth-order valence-corrected chi connectivity index (χ4v) is 2.02. The lowest BCUT2D eigenvalue weighted by molar-refractivity contribution is -0.116. The molecule has 0 unspecified atom stereocenters. The van der Waals surface area contributed by atoms with Crippen LogP contribution >= 0.6 is 0 Å². The van der Waals surface area contributed by atoms with E-state index in [1.807, 2.05) is 48.5 Å². The number of benzene rings is 2. The van der Waals surface area contributed by atoms with E-state index in [9.17, 15) is 4.79 Å². The first kappa shape index (κ1) is 17.4. The number of rotatable bonds is 8. The van der Waals surface area contributed by atoms with Gasteiger partial charge in [-0.3, -0.25) is 4.79 Å². The van der Waals surface area contributed by atoms with E-state index in [1.54, 1.807) is 20.3 Å². The molecule has 0 bridgehead atoms. The Morgan fingerprint density at radius 2 is 1.71 bits per heavy atom. The molecular formula is C19H21NO4. The van der Waals surface area contributed by atoms with Crippen molar-refractivity contribution < 1.29 is 19.0 Å². The van der Waals surface area contributed by atoms with E-state index >= 15 is 0 Å². The van der Waals surface area contributed by atoms with Crippen molar-refractivity contribution in [2.24, 2.45) is 0 Å². The summed E-state index contributed by atoms with van der Waals surface area (Å²) in [5, 5.41) is 2.77. The maximum Gasteiger partial charge on any atom is 0.244 e. The summed E-state index contributed by atoms with van der Waals surface area (Å²) in [5.41, 5.74) is 0.927. The van der Waals surface area contributed by atoms with E-state index in [0.717, 1.165) is 11.3 Å². The van der Waals surface area contributed by atoms with Crippen LogP contribution in [0.4, 0.5) is 0 Å². The van der Waals surface area contributed by atoms with Gasteiger partial charge in [0.2, 0.25) is 5.91 Å². The number of nitrogens with one attached hydrogen (secondary N) is 1. The van der Waals surface area contributed by atoms with E-state index in [2.05, 4.69) is 5.32 Å². The third-order valence-corrected chi connectivity index (χ3v) is 3.27. The average molecular weight is 327 g/mol. The lowest BCUT2D eigenvalue weighted by Gasteiger charge is -2.10. The Hall–Kier alpha value is -2.95. The van der Waals surface area contributed by atoms with Gasteiger partial charge in [-0.15, -0.1) is 0 Å².